The molecule has 0 unspecified atom stereocenters. The Kier molecular flexibility index (Phi) is 28.2. The second-order valence-electron chi connectivity index (χ2n) is 11.8. The van der Waals surface area contributed by atoms with Crippen molar-refractivity contribution in [3.05, 3.63) is 35.5 Å². The van der Waals surface area contributed by atoms with Crippen molar-refractivity contribution < 1.29 is 9.47 Å². The van der Waals surface area contributed by atoms with Gasteiger partial charge in [0.2, 0.25) is 0 Å². The SMILES string of the molecule is CCCCCCOCCCCCCCCN.CCCCCCOCCCCCCCCNc1ccnc2c(Cl)cccc12. The molecule has 0 aliphatic heterocycles. The number of nitrogens with two attached hydrogens (primary N) is 1. The van der Waals surface area contributed by atoms with Gasteiger partial charge in [0.05, 0.1) is 10.5 Å². The Hall–Kier alpha value is -1.40. The molecular weight excluding hydrogens is 554 g/mol. The van der Waals surface area contributed by atoms with E-state index in [4.69, 9.17) is 26.8 Å². The lowest BCUT2D eigenvalue weighted by atomic mass is 10.1. The normalized spacial score (nSPS) is 11.1. The molecule has 0 radical (unpaired) electrons. The summed E-state index contributed by atoms with van der Waals surface area (Å²) in [5, 5.41) is 5.34. The highest BCUT2D eigenvalue weighted by molar-refractivity contribution is 6.35. The zero-order valence-corrected chi connectivity index (χ0v) is 28.7. The van der Waals surface area contributed by atoms with E-state index in [0.29, 0.717) is 5.02 Å². The van der Waals surface area contributed by atoms with Gasteiger partial charge in [-0.05, 0) is 57.2 Å². The van der Waals surface area contributed by atoms with Gasteiger partial charge in [0.25, 0.3) is 0 Å². The second kappa shape index (κ2) is 30.6. The number of pyridine rings is 1. The van der Waals surface area contributed by atoms with E-state index in [1.54, 1.807) is 0 Å². The molecule has 0 atom stereocenters. The molecule has 0 amide bonds. The molecule has 0 fully saturated rings. The van der Waals surface area contributed by atoms with E-state index in [1.807, 2.05) is 24.4 Å². The van der Waals surface area contributed by atoms with Crippen LogP contribution in [0.4, 0.5) is 5.69 Å². The number of rotatable bonds is 28. The summed E-state index contributed by atoms with van der Waals surface area (Å²) in [6, 6.07) is 7.97. The number of halogens is 1. The van der Waals surface area contributed by atoms with E-state index < -0.39 is 0 Å². The first-order chi connectivity index (χ1) is 21.2. The average molecular weight is 620 g/mol. The van der Waals surface area contributed by atoms with E-state index in [-0.39, 0.29) is 0 Å². The van der Waals surface area contributed by atoms with Gasteiger partial charge in [-0.1, -0.05) is 127 Å². The Morgan fingerprint density at radius 3 is 1.65 bits per heavy atom. The highest BCUT2D eigenvalue weighted by Gasteiger charge is 2.04. The van der Waals surface area contributed by atoms with Crippen molar-refractivity contribution in [1.82, 2.24) is 4.98 Å². The first-order valence-corrected chi connectivity index (χ1v) is 18.2. The van der Waals surface area contributed by atoms with Crippen LogP contribution >= 0.6 is 11.6 Å². The molecular formula is C37H66ClN3O2. The van der Waals surface area contributed by atoms with Crippen LogP contribution in [0, 0.1) is 0 Å². The number of hydrogen-bond donors (Lipinski definition) is 2. The summed E-state index contributed by atoms with van der Waals surface area (Å²) in [5.74, 6) is 0. The zero-order chi connectivity index (χ0) is 31.1. The summed E-state index contributed by atoms with van der Waals surface area (Å²) in [4.78, 5) is 4.38. The fourth-order valence-corrected chi connectivity index (χ4v) is 5.30. The lowest BCUT2D eigenvalue weighted by molar-refractivity contribution is 0.125. The van der Waals surface area contributed by atoms with Crippen molar-refractivity contribution in [3.63, 3.8) is 0 Å². The minimum Gasteiger partial charge on any atom is -0.384 e. The summed E-state index contributed by atoms with van der Waals surface area (Å²) in [6.07, 6.45) is 27.5. The van der Waals surface area contributed by atoms with Gasteiger partial charge in [-0.15, -0.1) is 0 Å². The second-order valence-corrected chi connectivity index (χ2v) is 12.2. The zero-order valence-electron chi connectivity index (χ0n) is 28.0. The van der Waals surface area contributed by atoms with Gasteiger partial charge < -0.3 is 20.5 Å². The number of unbranched alkanes of at least 4 members (excludes halogenated alkanes) is 16. The lowest BCUT2D eigenvalue weighted by Gasteiger charge is -2.10. The third-order valence-corrected chi connectivity index (χ3v) is 8.08. The first kappa shape index (κ1) is 39.6. The molecule has 0 saturated heterocycles. The number of anilines is 1. The fourth-order valence-electron chi connectivity index (χ4n) is 5.07. The van der Waals surface area contributed by atoms with Gasteiger partial charge in [0, 0.05) is 50.2 Å². The molecule has 0 aliphatic carbocycles. The van der Waals surface area contributed by atoms with Crippen LogP contribution in [-0.4, -0.2) is 44.5 Å². The van der Waals surface area contributed by atoms with Gasteiger partial charge in [0.15, 0.2) is 0 Å². The number of nitrogens with zero attached hydrogens (tertiary/aromatic N) is 1. The molecule has 0 bridgehead atoms. The van der Waals surface area contributed by atoms with Gasteiger partial charge in [0.1, 0.15) is 0 Å². The molecule has 248 valence electrons. The molecule has 43 heavy (non-hydrogen) atoms. The summed E-state index contributed by atoms with van der Waals surface area (Å²) in [7, 11) is 0. The van der Waals surface area contributed by atoms with Gasteiger partial charge >= 0.3 is 0 Å². The number of ether oxygens (including phenoxy) is 2. The topological polar surface area (TPSA) is 69.4 Å². The summed E-state index contributed by atoms with van der Waals surface area (Å²) >= 11 is 6.22. The smallest absolute Gasteiger partial charge is 0.0908 e. The molecule has 1 heterocycles. The van der Waals surface area contributed by atoms with E-state index in [9.17, 15) is 0 Å². The molecule has 0 saturated carbocycles. The Balaban J connectivity index is 0.000000496. The standard InChI is InChI=1S/C23H35ClN2O.C14H31NO/c1-2-3-4-10-18-27-19-11-8-6-5-7-9-16-25-22-15-17-26-23-20(22)13-12-14-21(23)24;1-2-3-4-10-13-16-14-11-8-6-5-7-9-12-15/h12-15,17H,2-11,16,18-19H2,1H3,(H,25,26);2-15H2,1H3. The van der Waals surface area contributed by atoms with E-state index in [1.165, 1.54) is 128 Å². The van der Waals surface area contributed by atoms with Crippen molar-refractivity contribution >= 4 is 28.2 Å². The fraction of sp³-hybridized carbons (Fsp3) is 0.757. The van der Waals surface area contributed by atoms with Crippen molar-refractivity contribution in [1.29, 1.82) is 0 Å². The molecule has 3 N–H and O–H groups in total. The Labute approximate surface area is 270 Å². The number of benzene rings is 1. The first-order valence-electron chi connectivity index (χ1n) is 17.9. The number of fused-ring (bicyclic) bond motifs is 1. The third-order valence-electron chi connectivity index (χ3n) is 7.78. The number of nitrogens with one attached hydrogen (secondary N) is 1. The molecule has 1 aromatic heterocycles. The Morgan fingerprint density at radius 1 is 0.628 bits per heavy atom. The maximum atomic E-state index is 6.22. The molecule has 0 spiro atoms. The molecule has 2 aromatic rings. The van der Waals surface area contributed by atoms with E-state index >= 15 is 0 Å². The van der Waals surface area contributed by atoms with Crippen molar-refractivity contribution in [2.75, 3.05) is 44.8 Å². The maximum Gasteiger partial charge on any atom is 0.0908 e. The number of hydrogen-bond acceptors (Lipinski definition) is 5. The van der Waals surface area contributed by atoms with Crippen LogP contribution in [0.1, 0.15) is 142 Å². The summed E-state index contributed by atoms with van der Waals surface area (Å²) < 4.78 is 11.3. The number of para-hydroxylation sites is 1. The largest absolute Gasteiger partial charge is 0.384 e. The van der Waals surface area contributed by atoms with Crippen molar-refractivity contribution in [2.45, 2.75) is 142 Å². The molecule has 0 aliphatic rings. The van der Waals surface area contributed by atoms with Crippen LogP contribution in [0.2, 0.25) is 5.02 Å². The Bertz CT molecular complexity index is 853. The lowest BCUT2D eigenvalue weighted by Crippen LogP contribution is -2.02. The van der Waals surface area contributed by atoms with Crippen LogP contribution in [0.5, 0.6) is 0 Å². The summed E-state index contributed by atoms with van der Waals surface area (Å²) in [5.41, 5.74) is 7.43. The quantitative estimate of drug-likeness (QED) is 0.0927. The maximum absolute atomic E-state index is 6.22. The van der Waals surface area contributed by atoms with E-state index in [0.717, 1.165) is 56.1 Å². The van der Waals surface area contributed by atoms with Crippen LogP contribution in [-0.2, 0) is 9.47 Å². The average Bonchev–Trinajstić information content (AvgIpc) is 3.02. The van der Waals surface area contributed by atoms with E-state index in [2.05, 4.69) is 30.2 Å². The molecule has 1 aromatic carbocycles. The third kappa shape index (κ3) is 22.7. The molecule has 2 rings (SSSR count). The summed E-state index contributed by atoms with van der Waals surface area (Å²) in [6.45, 7) is 10.1. The van der Waals surface area contributed by atoms with Crippen LogP contribution in [0.3, 0.4) is 0 Å². The predicted molar refractivity (Wildman–Crippen MR) is 190 cm³/mol. The van der Waals surface area contributed by atoms with Crippen LogP contribution in [0.25, 0.3) is 10.9 Å². The van der Waals surface area contributed by atoms with Crippen LogP contribution < -0.4 is 11.1 Å². The van der Waals surface area contributed by atoms with Crippen molar-refractivity contribution in [2.24, 2.45) is 5.73 Å². The van der Waals surface area contributed by atoms with Gasteiger partial charge in [-0.25, -0.2) is 0 Å². The Morgan fingerprint density at radius 2 is 1.12 bits per heavy atom. The van der Waals surface area contributed by atoms with Crippen LogP contribution in [0.15, 0.2) is 30.5 Å². The predicted octanol–water partition coefficient (Wildman–Crippen LogP) is 11.1. The van der Waals surface area contributed by atoms with Gasteiger partial charge in [-0.2, -0.15) is 0 Å². The minimum atomic E-state index is 0.709. The molecule has 6 heteroatoms. The van der Waals surface area contributed by atoms with Gasteiger partial charge in [-0.3, -0.25) is 4.98 Å². The van der Waals surface area contributed by atoms with Crippen molar-refractivity contribution in [3.8, 4) is 0 Å². The monoisotopic (exact) mass is 619 g/mol. The highest BCUT2D eigenvalue weighted by atomic mass is 35.5. The minimum absolute atomic E-state index is 0.709. The number of aromatic nitrogens is 1. The molecule has 5 nitrogen and oxygen atoms in total. The highest BCUT2D eigenvalue weighted by Crippen LogP contribution is 2.27.